The number of hydrogen-bond acceptors (Lipinski definition) is 1. The minimum atomic E-state index is -4.44. The van der Waals surface area contributed by atoms with E-state index in [-0.39, 0.29) is 12.0 Å². The molecular formula is C10H15ClF3NO. The van der Waals surface area contributed by atoms with Crippen molar-refractivity contribution < 1.29 is 18.0 Å². The molecule has 0 bridgehead atoms. The maximum Gasteiger partial charge on any atom is 0.397 e. The third-order valence-electron chi connectivity index (χ3n) is 2.81. The van der Waals surface area contributed by atoms with E-state index < -0.39 is 18.5 Å². The fraction of sp³-hybridized carbons (Fsp3) is 0.900. The molecule has 0 saturated heterocycles. The molecule has 2 unspecified atom stereocenters. The van der Waals surface area contributed by atoms with Crippen molar-refractivity contribution in [2.45, 2.75) is 44.3 Å². The van der Waals surface area contributed by atoms with Gasteiger partial charge >= 0.3 is 6.18 Å². The summed E-state index contributed by atoms with van der Waals surface area (Å²) in [5.74, 6) is -0.459. The van der Waals surface area contributed by atoms with Crippen molar-refractivity contribution in [3.05, 3.63) is 0 Å². The van der Waals surface area contributed by atoms with Crippen molar-refractivity contribution in [1.29, 1.82) is 0 Å². The molecule has 1 fully saturated rings. The van der Waals surface area contributed by atoms with E-state index in [2.05, 4.69) is 5.32 Å². The van der Waals surface area contributed by atoms with E-state index in [9.17, 15) is 18.0 Å². The molecule has 0 aromatic carbocycles. The molecule has 1 saturated carbocycles. The van der Waals surface area contributed by atoms with Crippen LogP contribution in [-0.2, 0) is 4.79 Å². The maximum absolute atomic E-state index is 12.0. The lowest BCUT2D eigenvalue weighted by Crippen LogP contribution is -2.44. The van der Waals surface area contributed by atoms with Crippen molar-refractivity contribution in [3.63, 3.8) is 0 Å². The van der Waals surface area contributed by atoms with Gasteiger partial charge in [0.2, 0.25) is 5.91 Å². The molecule has 2 nitrogen and oxygen atoms in total. The molecule has 0 aromatic rings. The van der Waals surface area contributed by atoms with Gasteiger partial charge in [0.1, 0.15) is 6.42 Å². The van der Waals surface area contributed by atoms with Crippen LogP contribution < -0.4 is 5.32 Å². The lowest BCUT2D eigenvalue weighted by Gasteiger charge is -2.30. The predicted octanol–water partition coefficient (Wildman–Crippen LogP) is 2.85. The Labute approximate surface area is 97.5 Å². The van der Waals surface area contributed by atoms with Crippen molar-refractivity contribution >= 4 is 17.5 Å². The fourth-order valence-corrected chi connectivity index (χ4v) is 2.39. The quantitative estimate of drug-likeness (QED) is 0.774. The van der Waals surface area contributed by atoms with Gasteiger partial charge in [-0.3, -0.25) is 4.79 Å². The number of nitrogens with one attached hydrogen (secondary N) is 1. The Kier molecular flexibility index (Phi) is 4.89. The van der Waals surface area contributed by atoms with Gasteiger partial charge in [-0.15, -0.1) is 11.6 Å². The number of amides is 1. The summed E-state index contributed by atoms with van der Waals surface area (Å²) in [6, 6.07) is -0.193. The Balaban J connectivity index is 2.42. The van der Waals surface area contributed by atoms with Gasteiger partial charge in [0.25, 0.3) is 0 Å². The zero-order chi connectivity index (χ0) is 12.2. The summed E-state index contributed by atoms with van der Waals surface area (Å²) in [6.07, 6.45) is -2.28. The van der Waals surface area contributed by atoms with Crippen LogP contribution in [0, 0.1) is 5.92 Å². The smallest absolute Gasteiger partial charge is 0.353 e. The van der Waals surface area contributed by atoms with Gasteiger partial charge < -0.3 is 5.32 Å². The summed E-state index contributed by atoms with van der Waals surface area (Å²) < 4.78 is 35.9. The highest BCUT2D eigenvalue weighted by Gasteiger charge is 2.33. The fourth-order valence-electron chi connectivity index (χ4n) is 2.02. The van der Waals surface area contributed by atoms with E-state index in [1.165, 1.54) is 0 Å². The molecule has 1 aliphatic carbocycles. The van der Waals surface area contributed by atoms with Crippen LogP contribution >= 0.6 is 11.6 Å². The molecule has 2 atom stereocenters. The van der Waals surface area contributed by atoms with Crippen LogP contribution in [0.15, 0.2) is 0 Å². The first-order chi connectivity index (χ1) is 7.42. The summed E-state index contributed by atoms with van der Waals surface area (Å²) in [7, 11) is 0. The Morgan fingerprint density at radius 2 is 1.94 bits per heavy atom. The second kappa shape index (κ2) is 5.75. The van der Waals surface area contributed by atoms with Crippen LogP contribution in [0.2, 0.25) is 0 Å². The van der Waals surface area contributed by atoms with E-state index in [1.807, 2.05) is 0 Å². The molecule has 1 N–H and O–H groups in total. The first kappa shape index (κ1) is 13.6. The van der Waals surface area contributed by atoms with E-state index in [4.69, 9.17) is 11.6 Å². The van der Waals surface area contributed by atoms with E-state index in [0.29, 0.717) is 5.88 Å². The number of carbonyl (C=O) groups excluding carboxylic acids is 1. The lowest BCUT2D eigenvalue weighted by atomic mass is 9.85. The average molecular weight is 258 g/mol. The molecule has 16 heavy (non-hydrogen) atoms. The van der Waals surface area contributed by atoms with Crippen molar-refractivity contribution in [1.82, 2.24) is 5.32 Å². The number of rotatable bonds is 3. The van der Waals surface area contributed by atoms with Crippen LogP contribution in [0.4, 0.5) is 13.2 Å². The van der Waals surface area contributed by atoms with Crippen molar-refractivity contribution in [2.75, 3.05) is 5.88 Å². The largest absolute Gasteiger partial charge is 0.397 e. The van der Waals surface area contributed by atoms with Gasteiger partial charge in [0.15, 0.2) is 0 Å². The van der Waals surface area contributed by atoms with E-state index >= 15 is 0 Å². The summed E-state index contributed by atoms with van der Waals surface area (Å²) in [4.78, 5) is 11.1. The number of hydrogen-bond donors (Lipinski definition) is 1. The van der Waals surface area contributed by atoms with Crippen LogP contribution in [0.25, 0.3) is 0 Å². The molecule has 0 spiro atoms. The zero-order valence-electron chi connectivity index (χ0n) is 8.82. The molecule has 6 heteroatoms. The molecule has 0 aromatic heterocycles. The standard InChI is InChI=1S/C10H15ClF3NO/c11-6-7-3-1-2-4-8(7)15-9(16)5-10(12,13)14/h7-8H,1-6H2,(H,15,16). The Hall–Kier alpha value is -0.450. The highest BCUT2D eigenvalue weighted by molar-refractivity contribution is 6.18. The number of carbonyl (C=O) groups is 1. The monoisotopic (exact) mass is 257 g/mol. The molecule has 1 rings (SSSR count). The van der Waals surface area contributed by atoms with Crippen LogP contribution in [0.1, 0.15) is 32.1 Å². The van der Waals surface area contributed by atoms with E-state index in [0.717, 1.165) is 25.7 Å². The summed E-state index contributed by atoms with van der Waals surface area (Å²) in [6.45, 7) is 0. The third-order valence-corrected chi connectivity index (χ3v) is 3.21. The zero-order valence-corrected chi connectivity index (χ0v) is 9.57. The topological polar surface area (TPSA) is 29.1 Å². The van der Waals surface area contributed by atoms with Gasteiger partial charge in [0.05, 0.1) is 0 Å². The Morgan fingerprint density at radius 3 is 2.50 bits per heavy atom. The Morgan fingerprint density at radius 1 is 1.31 bits per heavy atom. The van der Waals surface area contributed by atoms with Gasteiger partial charge in [-0.25, -0.2) is 0 Å². The maximum atomic E-state index is 12.0. The minimum absolute atomic E-state index is 0.104. The third kappa shape index (κ3) is 4.60. The molecule has 94 valence electrons. The van der Waals surface area contributed by atoms with Crippen LogP contribution in [-0.4, -0.2) is 24.0 Å². The number of halogens is 4. The first-order valence-electron chi connectivity index (χ1n) is 5.34. The molecule has 0 aliphatic heterocycles. The summed E-state index contributed by atoms with van der Waals surface area (Å²) in [5, 5.41) is 2.43. The number of alkyl halides is 4. The van der Waals surface area contributed by atoms with Gasteiger partial charge in [-0.1, -0.05) is 12.8 Å². The lowest BCUT2D eigenvalue weighted by molar-refractivity contribution is -0.154. The molecule has 0 radical (unpaired) electrons. The van der Waals surface area contributed by atoms with Gasteiger partial charge in [0, 0.05) is 11.9 Å². The molecule has 0 heterocycles. The van der Waals surface area contributed by atoms with Crippen molar-refractivity contribution in [3.8, 4) is 0 Å². The van der Waals surface area contributed by atoms with Crippen LogP contribution in [0.5, 0.6) is 0 Å². The van der Waals surface area contributed by atoms with Crippen LogP contribution in [0.3, 0.4) is 0 Å². The first-order valence-corrected chi connectivity index (χ1v) is 5.88. The summed E-state index contributed by atoms with van der Waals surface area (Å²) >= 11 is 5.72. The molecule has 1 amide bonds. The predicted molar refractivity (Wildman–Crippen MR) is 55.3 cm³/mol. The second-order valence-electron chi connectivity index (χ2n) is 4.16. The minimum Gasteiger partial charge on any atom is -0.353 e. The summed E-state index contributed by atoms with van der Waals surface area (Å²) in [5.41, 5.74) is 0. The molecule has 1 aliphatic rings. The normalized spacial score (nSPS) is 26.5. The van der Waals surface area contributed by atoms with E-state index in [1.54, 1.807) is 0 Å². The van der Waals surface area contributed by atoms with Crippen molar-refractivity contribution in [2.24, 2.45) is 5.92 Å². The molecular weight excluding hydrogens is 243 g/mol. The highest BCUT2D eigenvalue weighted by atomic mass is 35.5. The Bertz CT molecular complexity index is 245. The second-order valence-corrected chi connectivity index (χ2v) is 4.47. The van der Waals surface area contributed by atoms with Gasteiger partial charge in [-0.2, -0.15) is 13.2 Å². The highest BCUT2D eigenvalue weighted by Crippen LogP contribution is 2.26. The van der Waals surface area contributed by atoms with Gasteiger partial charge in [-0.05, 0) is 18.8 Å². The SMILES string of the molecule is O=C(CC(F)(F)F)NC1CCCCC1CCl. The average Bonchev–Trinajstić information content (AvgIpc) is 2.15.